The molecule has 2 rings (SSSR count). The molecular formula is C28H41F3NNaO2. The summed E-state index contributed by atoms with van der Waals surface area (Å²) in [5, 5.41) is 11.4. The maximum atomic E-state index is 13.1. The molecule has 7 heteroatoms. The van der Waals surface area contributed by atoms with Crippen molar-refractivity contribution in [2.75, 3.05) is 11.4 Å². The first-order chi connectivity index (χ1) is 16.4. The first kappa shape index (κ1) is 32.0. The number of Topliss-reactive ketones (excluding diaryl/α,β-unsaturated/α-hetero) is 1. The summed E-state index contributed by atoms with van der Waals surface area (Å²) in [6.45, 7) is 2.63. The zero-order chi connectivity index (χ0) is 24.8. The number of anilines is 1. The van der Waals surface area contributed by atoms with Crippen molar-refractivity contribution in [1.29, 1.82) is 0 Å². The molecule has 1 aliphatic rings. The molecule has 192 valence electrons. The SMILES string of the molecule is CCCCCCCCCCCCCCCCCCN1/C(=C\[O-])C(=O)c2ccc(C(F)(F)F)cc21.[Na+]. The minimum absolute atomic E-state index is 0. The zero-order valence-electron chi connectivity index (χ0n) is 21.7. The largest absolute Gasteiger partial charge is 1.00 e. The third kappa shape index (κ3) is 10.9. The summed E-state index contributed by atoms with van der Waals surface area (Å²) in [7, 11) is 0. The van der Waals surface area contributed by atoms with Crippen molar-refractivity contribution >= 4 is 11.5 Å². The fourth-order valence-electron chi connectivity index (χ4n) is 4.69. The first-order valence-corrected chi connectivity index (χ1v) is 13.3. The topological polar surface area (TPSA) is 43.4 Å². The average molecular weight is 504 g/mol. The van der Waals surface area contributed by atoms with Crippen molar-refractivity contribution in [3.63, 3.8) is 0 Å². The van der Waals surface area contributed by atoms with Gasteiger partial charge in [-0.3, -0.25) is 4.79 Å². The van der Waals surface area contributed by atoms with Gasteiger partial charge in [-0.15, -0.1) is 6.26 Å². The number of hydrogen-bond acceptors (Lipinski definition) is 3. The van der Waals surface area contributed by atoms with Crippen LogP contribution in [0, 0.1) is 0 Å². The van der Waals surface area contributed by atoms with Crippen LogP contribution in [0.1, 0.15) is 126 Å². The predicted molar refractivity (Wildman–Crippen MR) is 131 cm³/mol. The molecule has 0 fully saturated rings. The van der Waals surface area contributed by atoms with E-state index in [9.17, 15) is 23.1 Å². The predicted octanol–water partition coefficient (Wildman–Crippen LogP) is 5.18. The molecule has 3 nitrogen and oxygen atoms in total. The molecular weight excluding hydrogens is 462 g/mol. The van der Waals surface area contributed by atoms with Crippen molar-refractivity contribution < 1.29 is 52.6 Å². The Balaban J connectivity index is 0.00000612. The van der Waals surface area contributed by atoms with Gasteiger partial charge in [0.25, 0.3) is 0 Å². The smallest absolute Gasteiger partial charge is 0.876 e. The average Bonchev–Trinajstić information content (AvgIpc) is 3.08. The van der Waals surface area contributed by atoms with Crippen LogP contribution in [0.5, 0.6) is 0 Å². The third-order valence-corrected chi connectivity index (χ3v) is 6.73. The van der Waals surface area contributed by atoms with Crippen molar-refractivity contribution in [2.45, 2.75) is 116 Å². The number of carbonyl (C=O) groups excluding carboxylic acids is 1. The zero-order valence-corrected chi connectivity index (χ0v) is 23.7. The molecule has 1 aromatic carbocycles. The monoisotopic (exact) mass is 503 g/mol. The van der Waals surface area contributed by atoms with Crippen LogP contribution in [0.25, 0.3) is 0 Å². The number of benzene rings is 1. The van der Waals surface area contributed by atoms with Crippen LogP contribution in [0.2, 0.25) is 0 Å². The van der Waals surface area contributed by atoms with Gasteiger partial charge < -0.3 is 10.0 Å². The Morgan fingerprint density at radius 2 is 1.26 bits per heavy atom. The van der Waals surface area contributed by atoms with Gasteiger partial charge in [-0.05, 0) is 24.6 Å². The van der Waals surface area contributed by atoms with E-state index in [0.717, 1.165) is 37.8 Å². The van der Waals surface area contributed by atoms with Gasteiger partial charge in [0, 0.05) is 12.1 Å². The van der Waals surface area contributed by atoms with Crippen LogP contribution in [0.15, 0.2) is 30.2 Å². The molecule has 0 aliphatic carbocycles. The summed E-state index contributed by atoms with van der Waals surface area (Å²) in [4.78, 5) is 13.8. The number of unbranched alkanes of at least 4 members (excludes halogenated alkanes) is 15. The third-order valence-electron chi connectivity index (χ3n) is 6.73. The van der Waals surface area contributed by atoms with Crippen LogP contribution in [0.4, 0.5) is 18.9 Å². The second-order valence-corrected chi connectivity index (χ2v) is 9.52. The summed E-state index contributed by atoms with van der Waals surface area (Å²) >= 11 is 0. The van der Waals surface area contributed by atoms with E-state index >= 15 is 0 Å². The van der Waals surface area contributed by atoms with Crippen LogP contribution in [0.3, 0.4) is 0 Å². The Labute approximate surface area is 231 Å². The number of fused-ring (bicyclic) bond motifs is 1. The minimum Gasteiger partial charge on any atom is -0.876 e. The van der Waals surface area contributed by atoms with Crippen LogP contribution in [-0.2, 0) is 6.18 Å². The van der Waals surface area contributed by atoms with E-state index in [1.165, 1.54) is 88.0 Å². The molecule has 0 unspecified atom stereocenters. The van der Waals surface area contributed by atoms with E-state index in [4.69, 9.17) is 0 Å². The maximum Gasteiger partial charge on any atom is 1.00 e. The van der Waals surface area contributed by atoms with Crippen LogP contribution < -0.4 is 39.6 Å². The van der Waals surface area contributed by atoms with Gasteiger partial charge in [-0.1, -0.05) is 103 Å². The van der Waals surface area contributed by atoms with Gasteiger partial charge in [-0.2, -0.15) is 13.2 Å². The molecule has 35 heavy (non-hydrogen) atoms. The van der Waals surface area contributed by atoms with Crippen molar-refractivity contribution in [3.05, 3.63) is 41.3 Å². The standard InChI is InChI=1S/C28H42F3NO2.Na/c1-2-3-4-5-6-7-8-9-10-11-12-13-14-15-16-17-20-32-25-21-23(28(29,30)31)18-19-24(25)27(34)26(32)22-33;/h18-19,21-22,33H,2-17,20H2,1H3;/q;+1/p-1/b26-22-;. The molecule has 0 bridgehead atoms. The number of nitrogens with zero attached hydrogens (tertiary/aromatic N) is 1. The van der Waals surface area contributed by atoms with E-state index in [1.54, 1.807) is 0 Å². The number of allylic oxidation sites excluding steroid dienone is 1. The molecule has 0 saturated carbocycles. The first-order valence-electron chi connectivity index (χ1n) is 13.3. The van der Waals surface area contributed by atoms with E-state index in [1.807, 2.05) is 0 Å². The van der Waals surface area contributed by atoms with E-state index in [-0.39, 0.29) is 46.5 Å². The van der Waals surface area contributed by atoms with E-state index in [2.05, 4.69) is 6.92 Å². The number of rotatable bonds is 17. The van der Waals surface area contributed by atoms with Gasteiger partial charge in [0.1, 0.15) is 0 Å². The molecule has 0 N–H and O–H groups in total. The van der Waals surface area contributed by atoms with Crippen molar-refractivity contribution in [3.8, 4) is 0 Å². The number of carbonyl (C=O) groups is 1. The van der Waals surface area contributed by atoms with Gasteiger partial charge in [0.05, 0.1) is 16.9 Å². The van der Waals surface area contributed by atoms with Crippen molar-refractivity contribution in [2.24, 2.45) is 0 Å². The molecule has 0 atom stereocenters. The van der Waals surface area contributed by atoms with Crippen LogP contribution >= 0.6 is 0 Å². The Morgan fingerprint density at radius 1 is 0.800 bits per heavy atom. The summed E-state index contributed by atoms with van der Waals surface area (Å²) in [6.07, 6.45) is 15.8. The van der Waals surface area contributed by atoms with Gasteiger partial charge in [-0.25, -0.2) is 0 Å². The van der Waals surface area contributed by atoms with Crippen LogP contribution in [-0.4, -0.2) is 12.3 Å². The van der Waals surface area contributed by atoms with E-state index in [0.29, 0.717) is 12.8 Å². The summed E-state index contributed by atoms with van der Waals surface area (Å²) < 4.78 is 39.3. The number of hydrogen-bond donors (Lipinski definition) is 0. The number of alkyl halides is 3. The van der Waals surface area contributed by atoms with E-state index < -0.39 is 17.5 Å². The Bertz CT molecular complexity index is 780. The van der Waals surface area contributed by atoms with Crippen molar-refractivity contribution in [1.82, 2.24) is 0 Å². The second kappa shape index (κ2) is 17.5. The Morgan fingerprint density at radius 3 is 1.69 bits per heavy atom. The van der Waals surface area contributed by atoms with Gasteiger partial charge >= 0.3 is 35.7 Å². The molecule has 0 radical (unpaired) electrons. The fraction of sp³-hybridized carbons (Fsp3) is 0.679. The molecule has 0 saturated heterocycles. The second-order valence-electron chi connectivity index (χ2n) is 9.52. The molecule has 0 spiro atoms. The normalized spacial score (nSPS) is 14.5. The quantitative estimate of drug-likeness (QED) is 0.127. The summed E-state index contributed by atoms with van der Waals surface area (Å²) in [5.74, 6) is -0.491. The number of halogens is 3. The maximum absolute atomic E-state index is 13.1. The van der Waals surface area contributed by atoms with Gasteiger partial charge in [0.15, 0.2) is 0 Å². The summed E-state index contributed by atoms with van der Waals surface area (Å²) in [5.41, 5.74) is -0.493. The fourth-order valence-corrected chi connectivity index (χ4v) is 4.69. The minimum atomic E-state index is -4.48. The Kier molecular flexibility index (Phi) is 16.0. The molecule has 1 heterocycles. The molecule has 0 aromatic heterocycles. The molecule has 1 aromatic rings. The summed E-state index contributed by atoms with van der Waals surface area (Å²) in [6, 6.07) is 3.06. The molecule has 1 aliphatic heterocycles. The Hall–Kier alpha value is -0.980. The number of ketones is 1. The van der Waals surface area contributed by atoms with Gasteiger partial charge in [0.2, 0.25) is 5.78 Å². The molecule has 0 amide bonds.